The largest absolute Gasteiger partial charge is 0.448 e. The van der Waals surface area contributed by atoms with E-state index in [1.54, 1.807) is 36.4 Å². The normalized spacial score (nSPS) is 12.4. The van der Waals surface area contributed by atoms with E-state index in [9.17, 15) is 9.59 Å². The van der Waals surface area contributed by atoms with Gasteiger partial charge in [0.2, 0.25) is 0 Å². The second kappa shape index (κ2) is 8.82. The lowest BCUT2D eigenvalue weighted by molar-refractivity contribution is -0.123. The van der Waals surface area contributed by atoms with Crippen molar-refractivity contribution >= 4 is 45.6 Å². The fourth-order valence-corrected chi connectivity index (χ4v) is 2.53. The summed E-state index contributed by atoms with van der Waals surface area (Å²) in [6, 6.07) is 9.18. The van der Waals surface area contributed by atoms with Gasteiger partial charge in [-0.3, -0.25) is 9.59 Å². The number of furan rings is 1. The molecule has 2 amide bonds. The van der Waals surface area contributed by atoms with Crippen LogP contribution in [0.3, 0.4) is 0 Å². The maximum atomic E-state index is 12.3. The van der Waals surface area contributed by atoms with E-state index >= 15 is 0 Å². The second-order valence-corrected chi connectivity index (χ2v) is 6.80. The Labute approximate surface area is 158 Å². The number of carbonyl (C=O) groups is 2. The van der Waals surface area contributed by atoms with Crippen LogP contribution in [0.15, 0.2) is 50.6 Å². The first-order valence-electron chi connectivity index (χ1n) is 7.51. The van der Waals surface area contributed by atoms with Gasteiger partial charge in [0.25, 0.3) is 11.8 Å². The summed E-state index contributed by atoms with van der Waals surface area (Å²) in [5, 5.41) is 6.99. The summed E-state index contributed by atoms with van der Waals surface area (Å²) in [6.45, 7) is 3.66. The van der Waals surface area contributed by atoms with Crippen molar-refractivity contribution in [2.75, 3.05) is 0 Å². The van der Waals surface area contributed by atoms with Crippen LogP contribution in [0.25, 0.3) is 0 Å². The van der Waals surface area contributed by atoms with E-state index in [0.717, 1.165) is 0 Å². The van der Waals surface area contributed by atoms with E-state index in [-0.39, 0.29) is 11.8 Å². The minimum atomic E-state index is -0.744. The molecule has 8 heteroatoms. The quantitative estimate of drug-likeness (QED) is 0.547. The second-order valence-electron chi connectivity index (χ2n) is 5.58. The molecular formula is C17H17BrClN3O3. The van der Waals surface area contributed by atoms with Crippen molar-refractivity contribution in [3.05, 3.63) is 57.4 Å². The molecule has 6 nitrogen and oxygen atoms in total. The molecule has 2 N–H and O–H groups in total. The van der Waals surface area contributed by atoms with Gasteiger partial charge >= 0.3 is 0 Å². The predicted octanol–water partition coefficient (Wildman–Crippen LogP) is 3.60. The number of amides is 2. The van der Waals surface area contributed by atoms with Gasteiger partial charge in [-0.15, -0.1) is 0 Å². The molecule has 0 saturated heterocycles. The third kappa shape index (κ3) is 5.72. The smallest absolute Gasteiger partial charge is 0.262 e. The monoisotopic (exact) mass is 425 g/mol. The highest BCUT2D eigenvalue weighted by atomic mass is 79.9. The Morgan fingerprint density at radius 1 is 1.28 bits per heavy atom. The van der Waals surface area contributed by atoms with Gasteiger partial charge in [-0.2, -0.15) is 5.10 Å². The number of carbonyl (C=O) groups excluding carboxylic acids is 2. The Morgan fingerprint density at radius 3 is 2.64 bits per heavy atom. The average molecular weight is 427 g/mol. The zero-order valence-electron chi connectivity index (χ0n) is 13.6. The zero-order chi connectivity index (χ0) is 18.4. The lowest BCUT2D eigenvalue weighted by Crippen LogP contribution is -2.48. The standard InChI is InChI=1S/C17H17BrClN3O3/c1-10(2)15(21-16(23)11-4-3-5-12(19)8-11)17(24)22-20-9-13-6-7-14(18)25-13/h3-10,15H,1-2H3,(H,21,23)(H,22,24). The molecule has 1 aromatic heterocycles. The molecule has 0 bridgehead atoms. The van der Waals surface area contributed by atoms with Crippen molar-refractivity contribution in [1.29, 1.82) is 0 Å². The lowest BCUT2D eigenvalue weighted by Gasteiger charge is -2.20. The van der Waals surface area contributed by atoms with Crippen LogP contribution in [0.5, 0.6) is 0 Å². The molecule has 132 valence electrons. The van der Waals surface area contributed by atoms with Gasteiger partial charge in [0.1, 0.15) is 11.8 Å². The van der Waals surface area contributed by atoms with Crippen LogP contribution in [0.1, 0.15) is 30.0 Å². The van der Waals surface area contributed by atoms with E-state index < -0.39 is 11.9 Å². The van der Waals surface area contributed by atoms with Gasteiger partial charge in [-0.25, -0.2) is 5.43 Å². The van der Waals surface area contributed by atoms with Crippen LogP contribution in [-0.2, 0) is 4.79 Å². The number of rotatable bonds is 6. The summed E-state index contributed by atoms with van der Waals surface area (Å²) in [5.41, 5.74) is 2.79. The summed E-state index contributed by atoms with van der Waals surface area (Å²) in [6.07, 6.45) is 1.37. The van der Waals surface area contributed by atoms with E-state index in [2.05, 4.69) is 31.8 Å². The Kier molecular flexibility index (Phi) is 6.78. The third-order valence-electron chi connectivity index (χ3n) is 3.28. The number of halogens is 2. The molecule has 0 fully saturated rings. The molecular weight excluding hydrogens is 410 g/mol. The fraction of sp³-hybridized carbons (Fsp3) is 0.235. The number of hydrogen-bond acceptors (Lipinski definition) is 4. The molecule has 1 aromatic carbocycles. The van der Waals surface area contributed by atoms with Gasteiger partial charge < -0.3 is 9.73 Å². The predicted molar refractivity (Wildman–Crippen MR) is 99.7 cm³/mol. The minimum absolute atomic E-state index is 0.129. The fourth-order valence-electron chi connectivity index (χ4n) is 2.02. The van der Waals surface area contributed by atoms with Gasteiger partial charge in [-0.1, -0.05) is 31.5 Å². The summed E-state index contributed by atoms with van der Waals surface area (Å²) in [7, 11) is 0. The summed E-state index contributed by atoms with van der Waals surface area (Å²) in [5.74, 6) is -0.449. The lowest BCUT2D eigenvalue weighted by atomic mass is 10.0. The van der Waals surface area contributed by atoms with Gasteiger partial charge in [-0.05, 0) is 52.2 Å². The highest BCUT2D eigenvalue weighted by molar-refractivity contribution is 9.10. The summed E-state index contributed by atoms with van der Waals surface area (Å²) in [4.78, 5) is 24.6. The Hall–Kier alpha value is -2.12. The Morgan fingerprint density at radius 2 is 2.04 bits per heavy atom. The molecule has 1 unspecified atom stereocenters. The summed E-state index contributed by atoms with van der Waals surface area (Å²) < 4.78 is 5.80. The summed E-state index contributed by atoms with van der Waals surface area (Å²) >= 11 is 9.07. The molecule has 0 spiro atoms. The van der Waals surface area contributed by atoms with Crippen LogP contribution in [-0.4, -0.2) is 24.1 Å². The number of hydrogen-bond donors (Lipinski definition) is 2. The Bertz CT molecular complexity index is 789. The van der Waals surface area contributed by atoms with Crippen LogP contribution in [0.2, 0.25) is 5.02 Å². The molecule has 2 aromatic rings. The SMILES string of the molecule is CC(C)C(NC(=O)c1cccc(Cl)c1)C(=O)NN=Cc1ccc(Br)o1. The molecule has 0 aliphatic carbocycles. The van der Waals surface area contributed by atoms with Gasteiger partial charge in [0, 0.05) is 10.6 Å². The zero-order valence-corrected chi connectivity index (χ0v) is 16.0. The number of hydrazone groups is 1. The molecule has 1 atom stereocenters. The number of nitrogens with one attached hydrogen (secondary N) is 2. The molecule has 0 aliphatic heterocycles. The van der Waals surface area contributed by atoms with Crippen molar-refractivity contribution in [1.82, 2.24) is 10.7 Å². The average Bonchev–Trinajstić information content (AvgIpc) is 2.97. The third-order valence-corrected chi connectivity index (χ3v) is 3.94. The van der Waals surface area contributed by atoms with E-state index in [4.69, 9.17) is 16.0 Å². The molecule has 0 aliphatic rings. The molecule has 0 radical (unpaired) electrons. The molecule has 25 heavy (non-hydrogen) atoms. The maximum absolute atomic E-state index is 12.3. The first kappa shape index (κ1) is 19.2. The van der Waals surface area contributed by atoms with Crippen molar-refractivity contribution in [2.45, 2.75) is 19.9 Å². The maximum Gasteiger partial charge on any atom is 0.262 e. The highest BCUT2D eigenvalue weighted by Crippen LogP contribution is 2.13. The van der Waals surface area contributed by atoms with Crippen LogP contribution < -0.4 is 10.7 Å². The number of nitrogens with zero attached hydrogens (tertiary/aromatic N) is 1. The van der Waals surface area contributed by atoms with Gasteiger partial charge in [0.05, 0.1) is 6.21 Å². The molecule has 1 heterocycles. The van der Waals surface area contributed by atoms with Crippen molar-refractivity contribution < 1.29 is 14.0 Å². The van der Waals surface area contributed by atoms with Crippen molar-refractivity contribution in [3.8, 4) is 0 Å². The van der Waals surface area contributed by atoms with Crippen molar-refractivity contribution in [2.24, 2.45) is 11.0 Å². The van der Waals surface area contributed by atoms with E-state index in [1.165, 1.54) is 6.21 Å². The van der Waals surface area contributed by atoms with E-state index in [0.29, 0.717) is 21.0 Å². The van der Waals surface area contributed by atoms with Gasteiger partial charge in [0.15, 0.2) is 4.67 Å². The van der Waals surface area contributed by atoms with E-state index in [1.807, 2.05) is 13.8 Å². The molecule has 2 rings (SSSR count). The minimum Gasteiger partial charge on any atom is -0.448 e. The first-order chi connectivity index (χ1) is 11.9. The molecule has 0 saturated carbocycles. The van der Waals surface area contributed by atoms with Crippen LogP contribution in [0.4, 0.5) is 0 Å². The van der Waals surface area contributed by atoms with Crippen molar-refractivity contribution in [3.63, 3.8) is 0 Å². The number of benzene rings is 1. The highest BCUT2D eigenvalue weighted by Gasteiger charge is 2.24. The topological polar surface area (TPSA) is 83.7 Å². The van der Waals surface area contributed by atoms with Crippen LogP contribution in [0, 0.1) is 5.92 Å². The van der Waals surface area contributed by atoms with Crippen LogP contribution >= 0.6 is 27.5 Å². The Balaban J connectivity index is 2.00. The first-order valence-corrected chi connectivity index (χ1v) is 8.68.